The molecule has 18 heavy (non-hydrogen) atoms. The number of carbonyl (C=O) groups is 1. The van der Waals surface area contributed by atoms with Crippen LogP contribution in [0.25, 0.3) is 0 Å². The second kappa shape index (κ2) is 4.25. The molecular formula is C16H27NO. The molecule has 4 atom stereocenters. The first-order valence-corrected chi connectivity index (χ1v) is 7.84. The number of amides is 1. The minimum Gasteiger partial charge on any atom is -0.342 e. The quantitative estimate of drug-likeness (QED) is 0.735. The first-order valence-electron chi connectivity index (χ1n) is 7.84. The van der Waals surface area contributed by atoms with E-state index < -0.39 is 0 Å². The number of nitrogens with zero attached hydrogens (tertiary/aromatic N) is 1. The van der Waals surface area contributed by atoms with Crippen LogP contribution < -0.4 is 0 Å². The molecule has 3 aliphatic rings. The summed E-state index contributed by atoms with van der Waals surface area (Å²) in [6.45, 7) is 9.01. The summed E-state index contributed by atoms with van der Waals surface area (Å²) in [6.07, 6.45) is 6.16. The monoisotopic (exact) mass is 249 g/mol. The Morgan fingerprint density at radius 1 is 1.33 bits per heavy atom. The molecule has 3 fully saturated rings. The normalized spacial score (nSPS) is 41.6. The Labute approximate surface area is 111 Å². The summed E-state index contributed by atoms with van der Waals surface area (Å²) >= 11 is 0. The predicted molar refractivity (Wildman–Crippen MR) is 73.1 cm³/mol. The molecule has 2 heteroatoms. The van der Waals surface area contributed by atoms with E-state index in [9.17, 15) is 4.79 Å². The second-order valence-electron chi connectivity index (χ2n) is 7.31. The summed E-state index contributed by atoms with van der Waals surface area (Å²) in [5.74, 6) is 3.80. The molecule has 1 heterocycles. The van der Waals surface area contributed by atoms with E-state index >= 15 is 0 Å². The Bertz CT molecular complexity index is 347. The minimum absolute atomic E-state index is 0.00599. The zero-order valence-electron chi connectivity index (χ0n) is 12.1. The molecule has 2 saturated carbocycles. The topological polar surface area (TPSA) is 20.3 Å². The van der Waals surface area contributed by atoms with E-state index in [0.717, 1.165) is 49.6 Å². The molecule has 2 aliphatic carbocycles. The lowest BCUT2D eigenvalue weighted by molar-refractivity contribution is -0.145. The lowest BCUT2D eigenvalue weighted by Gasteiger charge is -2.40. The zero-order chi connectivity index (χ0) is 12.9. The average Bonchev–Trinajstić information content (AvgIpc) is 2.85. The Kier molecular flexibility index (Phi) is 2.95. The molecule has 0 N–H and O–H groups in total. The van der Waals surface area contributed by atoms with Gasteiger partial charge in [0.15, 0.2) is 0 Å². The molecule has 0 aromatic carbocycles. The molecule has 1 aliphatic heterocycles. The lowest BCUT2D eigenvalue weighted by atomic mass is 9.69. The number of carbonyl (C=O) groups excluding carboxylic acids is 1. The van der Waals surface area contributed by atoms with Crippen LogP contribution in [0.1, 0.15) is 52.9 Å². The van der Waals surface area contributed by atoms with Gasteiger partial charge in [0.1, 0.15) is 0 Å². The van der Waals surface area contributed by atoms with E-state index in [0.29, 0.717) is 5.91 Å². The Morgan fingerprint density at radius 3 is 2.56 bits per heavy atom. The largest absolute Gasteiger partial charge is 0.342 e. The van der Waals surface area contributed by atoms with Crippen molar-refractivity contribution >= 4 is 5.91 Å². The standard InChI is InChI=1S/C16H27NO/c1-4-12-8-13-9-17(10-14(13)11(12)2)15(18)16(3)6-5-7-16/h11-14H,4-10H2,1-3H3. The highest BCUT2D eigenvalue weighted by molar-refractivity contribution is 5.83. The van der Waals surface area contributed by atoms with Crippen molar-refractivity contribution in [3.05, 3.63) is 0 Å². The van der Waals surface area contributed by atoms with Gasteiger partial charge < -0.3 is 4.90 Å². The number of likely N-dealkylation sites (tertiary alicyclic amines) is 1. The summed E-state index contributed by atoms with van der Waals surface area (Å²) in [5, 5.41) is 0. The van der Waals surface area contributed by atoms with Crippen LogP contribution in [0.5, 0.6) is 0 Å². The van der Waals surface area contributed by atoms with Gasteiger partial charge in [-0.25, -0.2) is 0 Å². The highest BCUT2D eigenvalue weighted by atomic mass is 16.2. The van der Waals surface area contributed by atoms with Crippen LogP contribution in [0.15, 0.2) is 0 Å². The van der Waals surface area contributed by atoms with E-state index in [-0.39, 0.29) is 5.41 Å². The smallest absolute Gasteiger partial charge is 0.228 e. The summed E-state index contributed by atoms with van der Waals surface area (Å²) < 4.78 is 0. The third kappa shape index (κ3) is 1.71. The van der Waals surface area contributed by atoms with Gasteiger partial charge in [-0.15, -0.1) is 0 Å². The van der Waals surface area contributed by atoms with Crippen molar-refractivity contribution in [2.75, 3.05) is 13.1 Å². The lowest BCUT2D eigenvalue weighted by Crippen LogP contribution is -2.45. The van der Waals surface area contributed by atoms with Crippen molar-refractivity contribution in [3.63, 3.8) is 0 Å². The zero-order valence-corrected chi connectivity index (χ0v) is 12.1. The van der Waals surface area contributed by atoms with Crippen molar-refractivity contribution in [1.82, 2.24) is 4.90 Å². The molecule has 0 aromatic rings. The fourth-order valence-corrected chi connectivity index (χ4v) is 4.70. The number of fused-ring (bicyclic) bond motifs is 1. The first kappa shape index (κ1) is 12.5. The van der Waals surface area contributed by atoms with E-state index in [4.69, 9.17) is 0 Å². The highest BCUT2D eigenvalue weighted by Gasteiger charge is 2.50. The highest BCUT2D eigenvalue weighted by Crippen LogP contribution is 2.49. The van der Waals surface area contributed by atoms with Crippen LogP contribution in [0, 0.1) is 29.1 Å². The van der Waals surface area contributed by atoms with Crippen molar-refractivity contribution in [2.24, 2.45) is 29.1 Å². The van der Waals surface area contributed by atoms with Crippen LogP contribution in [-0.2, 0) is 4.79 Å². The van der Waals surface area contributed by atoms with Crippen molar-refractivity contribution in [3.8, 4) is 0 Å². The minimum atomic E-state index is 0.00599. The van der Waals surface area contributed by atoms with E-state index in [1.165, 1.54) is 19.3 Å². The summed E-state index contributed by atoms with van der Waals surface area (Å²) in [5.41, 5.74) is 0.00599. The maximum absolute atomic E-state index is 12.6. The predicted octanol–water partition coefficient (Wildman–Crippen LogP) is 3.32. The van der Waals surface area contributed by atoms with Gasteiger partial charge in [0.2, 0.25) is 5.91 Å². The molecule has 2 nitrogen and oxygen atoms in total. The van der Waals surface area contributed by atoms with Gasteiger partial charge in [0.05, 0.1) is 0 Å². The van der Waals surface area contributed by atoms with Crippen LogP contribution >= 0.6 is 0 Å². The second-order valence-corrected chi connectivity index (χ2v) is 7.31. The van der Waals surface area contributed by atoms with Gasteiger partial charge in [0, 0.05) is 18.5 Å². The summed E-state index contributed by atoms with van der Waals surface area (Å²) in [4.78, 5) is 14.8. The van der Waals surface area contributed by atoms with Gasteiger partial charge in [0.25, 0.3) is 0 Å². The van der Waals surface area contributed by atoms with Crippen LogP contribution in [0.3, 0.4) is 0 Å². The van der Waals surface area contributed by atoms with E-state index in [1.54, 1.807) is 0 Å². The number of rotatable bonds is 2. The van der Waals surface area contributed by atoms with Crippen molar-refractivity contribution in [1.29, 1.82) is 0 Å². The fourth-order valence-electron chi connectivity index (χ4n) is 4.70. The Balaban J connectivity index is 1.65. The average molecular weight is 249 g/mol. The van der Waals surface area contributed by atoms with Gasteiger partial charge in [-0.3, -0.25) is 4.79 Å². The number of hydrogen-bond acceptors (Lipinski definition) is 1. The molecule has 102 valence electrons. The number of hydrogen-bond donors (Lipinski definition) is 0. The maximum atomic E-state index is 12.6. The van der Waals surface area contributed by atoms with Gasteiger partial charge in [-0.1, -0.05) is 33.6 Å². The van der Waals surface area contributed by atoms with Crippen molar-refractivity contribution < 1.29 is 4.79 Å². The third-order valence-electron chi connectivity index (χ3n) is 6.30. The molecule has 1 saturated heterocycles. The molecule has 3 rings (SSSR count). The molecule has 0 radical (unpaired) electrons. The van der Waals surface area contributed by atoms with Gasteiger partial charge >= 0.3 is 0 Å². The molecule has 0 aromatic heterocycles. The van der Waals surface area contributed by atoms with Crippen LogP contribution in [0.2, 0.25) is 0 Å². The fraction of sp³-hybridized carbons (Fsp3) is 0.938. The Morgan fingerprint density at radius 2 is 2.06 bits per heavy atom. The van der Waals surface area contributed by atoms with Crippen molar-refractivity contribution in [2.45, 2.75) is 52.9 Å². The molecule has 0 bridgehead atoms. The molecule has 1 amide bonds. The third-order valence-corrected chi connectivity index (χ3v) is 6.30. The first-order chi connectivity index (χ1) is 8.55. The van der Waals surface area contributed by atoms with E-state index in [2.05, 4.69) is 25.7 Å². The maximum Gasteiger partial charge on any atom is 0.228 e. The molecule has 0 spiro atoms. The summed E-state index contributed by atoms with van der Waals surface area (Å²) in [7, 11) is 0. The summed E-state index contributed by atoms with van der Waals surface area (Å²) in [6, 6.07) is 0. The van der Waals surface area contributed by atoms with Gasteiger partial charge in [-0.2, -0.15) is 0 Å². The van der Waals surface area contributed by atoms with E-state index in [1.807, 2.05) is 0 Å². The Hall–Kier alpha value is -0.530. The van der Waals surface area contributed by atoms with Crippen LogP contribution in [-0.4, -0.2) is 23.9 Å². The molecular weight excluding hydrogens is 222 g/mol. The molecule has 4 unspecified atom stereocenters. The van der Waals surface area contributed by atoms with Crippen LogP contribution in [0.4, 0.5) is 0 Å². The SMILES string of the molecule is CCC1CC2CN(C(=O)C3(C)CCC3)CC2C1C. The van der Waals surface area contributed by atoms with Gasteiger partial charge in [-0.05, 0) is 42.9 Å².